The summed E-state index contributed by atoms with van der Waals surface area (Å²) in [7, 11) is 0. The van der Waals surface area contributed by atoms with Gasteiger partial charge in [0.05, 0.1) is 11.0 Å². The molecule has 0 aliphatic heterocycles. The van der Waals surface area contributed by atoms with Gasteiger partial charge < -0.3 is 20.5 Å². The van der Waals surface area contributed by atoms with Crippen LogP contribution in [0.1, 0.15) is 26.7 Å². The quantitative estimate of drug-likeness (QED) is 0.157. The Balaban J connectivity index is 3.40. The summed E-state index contributed by atoms with van der Waals surface area (Å²) in [4.78, 5) is 21.2. The Morgan fingerprint density at radius 3 is 2.68 bits per heavy atom. The number of nitro groups is 1. The van der Waals surface area contributed by atoms with Crippen molar-refractivity contribution >= 4 is 17.7 Å². The first kappa shape index (κ1) is 19.7. The average Bonchev–Trinajstić information content (AvgIpc) is 2.60. The van der Waals surface area contributed by atoms with E-state index in [1.807, 2.05) is 6.07 Å². The van der Waals surface area contributed by atoms with Crippen molar-refractivity contribution in [3.05, 3.63) is 57.1 Å². The first-order chi connectivity index (χ1) is 12.0. The Kier molecular flexibility index (Phi) is 7.66. The van der Waals surface area contributed by atoms with Gasteiger partial charge >= 0.3 is 0 Å². The van der Waals surface area contributed by atoms with E-state index >= 15 is 0 Å². The zero-order valence-corrected chi connectivity index (χ0v) is 14.1. The monoisotopic (exact) mass is 344 g/mol. The van der Waals surface area contributed by atoms with E-state index in [2.05, 4.69) is 10.6 Å². The zero-order valence-electron chi connectivity index (χ0n) is 14.1. The second kappa shape index (κ2) is 9.72. The first-order valence-electron chi connectivity index (χ1n) is 7.67. The average molecular weight is 344 g/mol. The summed E-state index contributed by atoms with van der Waals surface area (Å²) in [6.45, 7) is 3.79. The Morgan fingerprint density at radius 2 is 2.12 bits per heavy atom. The van der Waals surface area contributed by atoms with Crippen LogP contribution in [0.3, 0.4) is 0 Å². The van der Waals surface area contributed by atoms with Crippen molar-refractivity contribution in [2.24, 2.45) is 0 Å². The molecule has 3 N–H and O–H groups in total. The molecule has 1 aromatic rings. The number of nitrogens with one attached hydrogen (secondary N) is 2. The molecule has 0 amide bonds. The molecule has 0 saturated carbocycles. The van der Waals surface area contributed by atoms with Gasteiger partial charge in [-0.05, 0) is 31.9 Å². The van der Waals surface area contributed by atoms with E-state index in [9.17, 15) is 25.3 Å². The van der Waals surface area contributed by atoms with Crippen LogP contribution in [0.2, 0.25) is 0 Å². The lowest BCUT2D eigenvalue weighted by Gasteiger charge is -2.16. The number of benzene rings is 1. The second-order valence-corrected chi connectivity index (χ2v) is 5.07. The number of carbonyl (C=O) groups excluding carboxylic acids is 1. The fourth-order valence-electron chi connectivity index (χ4n) is 2.14. The molecule has 132 valence electrons. The number of aliphatic hydroxyl groups excluding tert-OH is 1. The maximum atomic E-state index is 11.2. The molecule has 0 aliphatic carbocycles. The minimum absolute atomic E-state index is 0.151. The van der Waals surface area contributed by atoms with E-state index in [1.54, 1.807) is 19.9 Å². The predicted octanol–water partition coefficient (Wildman–Crippen LogP) is 3.16. The number of nitriles is 1. The van der Waals surface area contributed by atoms with Crippen LogP contribution in [0.25, 0.3) is 0 Å². The van der Waals surface area contributed by atoms with Crippen LogP contribution < -0.4 is 10.6 Å². The van der Waals surface area contributed by atoms with E-state index in [0.29, 0.717) is 24.0 Å². The van der Waals surface area contributed by atoms with Gasteiger partial charge in [0.2, 0.25) is 5.88 Å². The van der Waals surface area contributed by atoms with Gasteiger partial charge in [0.15, 0.2) is 0 Å². The van der Waals surface area contributed by atoms with Crippen molar-refractivity contribution in [1.29, 1.82) is 5.26 Å². The number of nitro benzene ring substituents is 1. The summed E-state index contributed by atoms with van der Waals surface area (Å²) >= 11 is 0. The maximum Gasteiger partial charge on any atom is 0.292 e. The molecule has 0 aliphatic rings. The van der Waals surface area contributed by atoms with Crippen LogP contribution in [-0.2, 0) is 4.79 Å². The molecule has 0 radical (unpaired) electrons. The molecule has 0 atom stereocenters. The minimum Gasteiger partial charge on any atom is -0.493 e. The Hall–Kier alpha value is -3.34. The number of aliphatic hydroxyl groups is 1. The highest BCUT2D eigenvalue weighted by Crippen LogP contribution is 2.28. The lowest BCUT2D eigenvalue weighted by Crippen LogP contribution is -2.19. The number of hydrogen-bond donors (Lipinski definition) is 3. The third-order valence-electron chi connectivity index (χ3n) is 3.42. The maximum absolute atomic E-state index is 11.2. The van der Waals surface area contributed by atoms with E-state index in [0.717, 1.165) is 0 Å². The lowest BCUT2D eigenvalue weighted by molar-refractivity contribution is -0.383. The number of anilines is 1. The topological polar surface area (TPSA) is 128 Å². The van der Waals surface area contributed by atoms with Gasteiger partial charge in [0, 0.05) is 24.6 Å². The molecule has 8 nitrogen and oxygen atoms in total. The van der Waals surface area contributed by atoms with Crippen LogP contribution in [0.4, 0.5) is 11.4 Å². The van der Waals surface area contributed by atoms with Crippen LogP contribution >= 0.6 is 0 Å². The minimum atomic E-state index is -0.541. The van der Waals surface area contributed by atoms with Crippen LogP contribution in [0.15, 0.2) is 47.0 Å². The summed E-state index contributed by atoms with van der Waals surface area (Å²) in [5.74, 6) is -0.239. The Bertz CT molecular complexity index is 747. The lowest BCUT2D eigenvalue weighted by atomic mass is 10.0. The summed E-state index contributed by atoms with van der Waals surface area (Å²) < 4.78 is 0. The van der Waals surface area contributed by atoms with Crippen molar-refractivity contribution in [1.82, 2.24) is 5.32 Å². The van der Waals surface area contributed by atoms with Crippen molar-refractivity contribution < 1.29 is 14.8 Å². The third kappa shape index (κ3) is 5.35. The molecule has 0 unspecified atom stereocenters. The summed E-state index contributed by atoms with van der Waals surface area (Å²) in [5.41, 5.74) is 0.875. The fourth-order valence-corrected chi connectivity index (χ4v) is 2.14. The van der Waals surface area contributed by atoms with Crippen molar-refractivity contribution in [2.45, 2.75) is 26.7 Å². The van der Waals surface area contributed by atoms with Gasteiger partial charge in [0.1, 0.15) is 17.7 Å². The SMILES string of the molecule is CCN/C(O)=C(Nc1ccccc1[N+](=O)[O-])\C(C)=C(\C#N)CCC=O. The van der Waals surface area contributed by atoms with Crippen molar-refractivity contribution in [3.63, 3.8) is 0 Å². The van der Waals surface area contributed by atoms with E-state index in [1.165, 1.54) is 18.2 Å². The Labute approximate surface area is 145 Å². The second-order valence-electron chi connectivity index (χ2n) is 5.07. The molecule has 0 heterocycles. The highest BCUT2D eigenvalue weighted by Gasteiger charge is 2.18. The molecule has 0 aromatic heterocycles. The molecular formula is C17H20N4O4. The number of para-hydroxylation sites is 2. The third-order valence-corrected chi connectivity index (χ3v) is 3.42. The van der Waals surface area contributed by atoms with Gasteiger partial charge in [-0.15, -0.1) is 0 Å². The summed E-state index contributed by atoms with van der Waals surface area (Å²) in [6.07, 6.45) is 1.09. The Morgan fingerprint density at radius 1 is 1.44 bits per heavy atom. The van der Waals surface area contributed by atoms with Gasteiger partial charge in [-0.1, -0.05) is 12.1 Å². The van der Waals surface area contributed by atoms with Crippen LogP contribution in [0.5, 0.6) is 0 Å². The number of nitrogens with zero attached hydrogens (tertiary/aromatic N) is 2. The fraction of sp³-hybridized carbons (Fsp3) is 0.294. The van der Waals surface area contributed by atoms with Crippen LogP contribution in [-0.4, -0.2) is 22.9 Å². The molecule has 1 rings (SSSR count). The molecule has 0 saturated heterocycles. The number of carbonyl (C=O) groups is 1. The zero-order chi connectivity index (χ0) is 18.8. The molecule has 25 heavy (non-hydrogen) atoms. The van der Waals surface area contributed by atoms with E-state index < -0.39 is 4.92 Å². The van der Waals surface area contributed by atoms with Gasteiger partial charge in [-0.2, -0.15) is 5.26 Å². The molecule has 0 bridgehead atoms. The van der Waals surface area contributed by atoms with Gasteiger partial charge in [-0.25, -0.2) is 0 Å². The molecular weight excluding hydrogens is 324 g/mol. The van der Waals surface area contributed by atoms with Gasteiger partial charge in [-0.3, -0.25) is 10.1 Å². The number of aldehydes is 1. The van der Waals surface area contributed by atoms with E-state index in [-0.39, 0.29) is 35.8 Å². The number of hydrogen-bond acceptors (Lipinski definition) is 7. The van der Waals surface area contributed by atoms with Crippen molar-refractivity contribution in [2.75, 3.05) is 11.9 Å². The van der Waals surface area contributed by atoms with E-state index in [4.69, 9.17) is 0 Å². The molecule has 8 heteroatoms. The normalized spacial score (nSPS) is 12.4. The standard InChI is InChI=1S/C17H20N4O4/c1-3-19-17(23)16(12(2)13(11-18)7-6-10-22)20-14-8-4-5-9-15(14)21(24)25/h4-5,8-10,19-20,23H,3,6-7H2,1-2H3/b13-12+,17-16-. The number of allylic oxidation sites excluding steroid dienone is 2. The molecule has 1 aromatic carbocycles. The largest absolute Gasteiger partial charge is 0.493 e. The molecule has 0 fully saturated rings. The molecule has 0 spiro atoms. The first-order valence-corrected chi connectivity index (χ1v) is 7.67. The van der Waals surface area contributed by atoms with Crippen molar-refractivity contribution in [3.8, 4) is 6.07 Å². The smallest absolute Gasteiger partial charge is 0.292 e. The highest BCUT2D eigenvalue weighted by molar-refractivity contribution is 5.66. The van der Waals surface area contributed by atoms with Gasteiger partial charge in [0.25, 0.3) is 5.69 Å². The summed E-state index contributed by atoms with van der Waals surface area (Å²) in [5, 5.41) is 36.3. The summed E-state index contributed by atoms with van der Waals surface area (Å²) in [6, 6.07) is 8.00. The number of rotatable bonds is 9. The predicted molar refractivity (Wildman–Crippen MR) is 93.7 cm³/mol. The van der Waals surface area contributed by atoms with Crippen LogP contribution in [0, 0.1) is 21.4 Å². The highest BCUT2D eigenvalue weighted by atomic mass is 16.6.